The predicted octanol–water partition coefficient (Wildman–Crippen LogP) is 1.12. The van der Waals surface area contributed by atoms with Crippen molar-refractivity contribution >= 4 is 5.78 Å². The van der Waals surface area contributed by atoms with Crippen LogP contribution in [0.25, 0.3) is 0 Å². The van der Waals surface area contributed by atoms with Gasteiger partial charge in [-0.1, -0.05) is 13.3 Å². The molecule has 4 nitrogen and oxygen atoms in total. The number of ketones is 1. The molecule has 78 valence electrons. The van der Waals surface area contributed by atoms with E-state index < -0.39 is 0 Å². The van der Waals surface area contributed by atoms with Gasteiger partial charge in [0, 0.05) is 25.7 Å². The summed E-state index contributed by atoms with van der Waals surface area (Å²) in [6, 6.07) is -0.0206. The van der Waals surface area contributed by atoms with E-state index in [1.807, 2.05) is 0 Å². The molecule has 0 amide bonds. The van der Waals surface area contributed by atoms with Crippen molar-refractivity contribution in [3.05, 3.63) is 18.0 Å². The molecule has 0 aliphatic carbocycles. The molecule has 1 unspecified atom stereocenters. The van der Waals surface area contributed by atoms with Crippen LogP contribution in [0.15, 0.2) is 12.4 Å². The fraction of sp³-hybridized carbons (Fsp3) is 0.600. The Morgan fingerprint density at radius 2 is 2.43 bits per heavy atom. The van der Waals surface area contributed by atoms with E-state index in [2.05, 4.69) is 12.0 Å². The van der Waals surface area contributed by atoms with Crippen molar-refractivity contribution in [2.75, 3.05) is 0 Å². The maximum Gasteiger partial charge on any atom is 0.167 e. The van der Waals surface area contributed by atoms with E-state index in [1.165, 1.54) is 0 Å². The van der Waals surface area contributed by atoms with E-state index >= 15 is 0 Å². The zero-order chi connectivity index (χ0) is 10.6. The van der Waals surface area contributed by atoms with E-state index in [-0.39, 0.29) is 11.8 Å². The molecule has 1 aromatic rings. The second-order valence-corrected chi connectivity index (χ2v) is 3.58. The van der Waals surface area contributed by atoms with Gasteiger partial charge >= 0.3 is 0 Å². The van der Waals surface area contributed by atoms with Crippen molar-refractivity contribution < 1.29 is 4.79 Å². The summed E-state index contributed by atoms with van der Waals surface area (Å²) in [6.07, 6.45) is 5.63. The summed E-state index contributed by atoms with van der Waals surface area (Å²) in [4.78, 5) is 11.6. The number of rotatable bonds is 5. The summed E-state index contributed by atoms with van der Waals surface area (Å²) >= 11 is 0. The molecule has 14 heavy (non-hydrogen) atoms. The molecule has 0 saturated heterocycles. The largest absolute Gasteiger partial charge is 0.327 e. The molecule has 4 heteroatoms. The Bertz CT molecular complexity index is 306. The van der Waals surface area contributed by atoms with Crippen molar-refractivity contribution in [3.63, 3.8) is 0 Å². The van der Waals surface area contributed by atoms with E-state index in [1.54, 1.807) is 24.1 Å². The van der Waals surface area contributed by atoms with Crippen LogP contribution in [0.4, 0.5) is 0 Å². The second kappa shape index (κ2) is 4.91. The Labute approximate surface area is 84.1 Å². The zero-order valence-corrected chi connectivity index (χ0v) is 8.73. The lowest BCUT2D eigenvalue weighted by molar-refractivity contribution is 0.0973. The van der Waals surface area contributed by atoms with E-state index in [4.69, 9.17) is 5.73 Å². The fourth-order valence-electron chi connectivity index (χ4n) is 1.39. The molecule has 0 aliphatic heterocycles. The SMILES string of the molecule is CCCC(N)CC(=O)c1cnn(C)c1. The topological polar surface area (TPSA) is 60.9 Å². The van der Waals surface area contributed by atoms with Crippen molar-refractivity contribution in [1.29, 1.82) is 0 Å². The van der Waals surface area contributed by atoms with Crippen molar-refractivity contribution in [3.8, 4) is 0 Å². The molecule has 1 rings (SSSR count). The van der Waals surface area contributed by atoms with Gasteiger partial charge in [-0.15, -0.1) is 0 Å². The number of carbonyl (C=O) groups is 1. The number of nitrogens with two attached hydrogens (primary N) is 1. The third-order valence-corrected chi connectivity index (χ3v) is 2.13. The number of hydrogen-bond donors (Lipinski definition) is 1. The van der Waals surface area contributed by atoms with Gasteiger partial charge in [0.05, 0.1) is 11.8 Å². The molecular weight excluding hydrogens is 178 g/mol. The van der Waals surface area contributed by atoms with Gasteiger partial charge in [-0.05, 0) is 6.42 Å². The normalized spacial score (nSPS) is 12.8. The van der Waals surface area contributed by atoms with Crippen LogP contribution in [0.5, 0.6) is 0 Å². The minimum Gasteiger partial charge on any atom is -0.327 e. The number of carbonyl (C=O) groups excluding carboxylic acids is 1. The van der Waals surface area contributed by atoms with Gasteiger partial charge in [0.25, 0.3) is 0 Å². The van der Waals surface area contributed by atoms with Gasteiger partial charge in [-0.2, -0.15) is 5.10 Å². The molecule has 0 saturated carbocycles. The Kier molecular flexibility index (Phi) is 3.83. The van der Waals surface area contributed by atoms with Crippen LogP contribution in [0.2, 0.25) is 0 Å². The lowest BCUT2D eigenvalue weighted by Crippen LogP contribution is -2.23. The monoisotopic (exact) mass is 195 g/mol. The first-order valence-electron chi connectivity index (χ1n) is 4.91. The quantitative estimate of drug-likeness (QED) is 0.716. The first-order chi connectivity index (χ1) is 6.63. The molecule has 1 heterocycles. The summed E-state index contributed by atoms with van der Waals surface area (Å²) in [5.41, 5.74) is 6.43. The van der Waals surface area contributed by atoms with Crippen LogP contribution < -0.4 is 5.73 Å². The van der Waals surface area contributed by atoms with Crippen LogP contribution in [0.3, 0.4) is 0 Å². The highest BCUT2D eigenvalue weighted by atomic mass is 16.1. The maximum atomic E-state index is 11.6. The molecule has 0 fully saturated rings. The Morgan fingerprint density at radius 1 is 1.71 bits per heavy atom. The highest BCUT2D eigenvalue weighted by molar-refractivity contribution is 5.95. The third kappa shape index (κ3) is 2.96. The Hall–Kier alpha value is -1.16. The van der Waals surface area contributed by atoms with Crippen LogP contribution >= 0.6 is 0 Å². The predicted molar refractivity (Wildman–Crippen MR) is 55.0 cm³/mol. The summed E-state index contributed by atoms with van der Waals surface area (Å²) < 4.78 is 1.62. The molecule has 1 atom stereocenters. The highest BCUT2D eigenvalue weighted by Gasteiger charge is 2.12. The highest BCUT2D eigenvalue weighted by Crippen LogP contribution is 2.06. The molecule has 0 aliphatic rings. The average Bonchev–Trinajstić information content (AvgIpc) is 2.52. The van der Waals surface area contributed by atoms with Crippen LogP contribution in [-0.2, 0) is 7.05 Å². The zero-order valence-electron chi connectivity index (χ0n) is 8.73. The lowest BCUT2D eigenvalue weighted by Gasteiger charge is -2.07. The number of nitrogens with zero attached hydrogens (tertiary/aromatic N) is 2. The van der Waals surface area contributed by atoms with Crippen LogP contribution in [-0.4, -0.2) is 21.6 Å². The fourth-order valence-corrected chi connectivity index (χ4v) is 1.39. The minimum atomic E-state index is -0.0206. The van der Waals surface area contributed by atoms with Crippen molar-refractivity contribution in [2.45, 2.75) is 32.2 Å². The Balaban J connectivity index is 2.50. The number of aromatic nitrogens is 2. The summed E-state index contributed by atoms with van der Waals surface area (Å²) in [6.45, 7) is 2.06. The summed E-state index contributed by atoms with van der Waals surface area (Å²) in [5, 5.41) is 3.95. The minimum absolute atomic E-state index is 0.0206. The van der Waals surface area contributed by atoms with E-state index in [9.17, 15) is 4.79 Å². The van der Waals surface area contributed by atoms with E-state index in [0.717, 1.165) is 12.8 Å². The molecule has 2 N–H and O–H groups in total. The van der Waals surface area contributed by atoms with Gasteiger partial charge < -0.3 is 5.73 Å². The van der Waals surface area contributed by atoms with Gasteiger partial charge in [-0.3, -0.25) is 9.48 Å². The molecule has 0 bridgehead atoms. The standard InChI is InChI=1S/C10H17N3O/c1-3-4-9(11)5-10(14)8-6-12-13(2)7-8/h6-7,9H,3-5,11H2,1-2H3. The summed E-state index contributed by atoms with van der Waals surface area (Å²) in [7, 11) is 1.79. The number of hydrogen-bond acceptors (Lipinski definition) is 3. The molecule has 0 aromatic carbocycles. The van der Waals surface area contributed by atoms with Gasteiger partial charge in [0.2, 0.25) is 0 Å². The first-order valence-corrected chi connectivity index (χ1v) is 4.91. The second-order valence-electron chi connectivity index (χ2n) is 3.58. The van der Waals surface area contributed by atoms with Gasteiger partial charge in [0.15, 0.2) is 5.78 Å². The van der Waals surface area contributed by atoms with Crippen LogP contribution in [0.1, 0.15) is 36.5 Å². The molecular formula is C10H17N3O. The first kappa shape index (κ1) is 10.9. The van der Waals surface area contributed by atoms with Gasteiger partial charge in [-0.25, -0.2) is 0 Å². The van der Waals surface area contributed by atoms with Gasteiger partial charge in [0.1, 0.15) is 0 Å². The average molecular weight is 195 g/mol. The van der Waals surface area contributed by atoms with Crippen LogP contribution in [0, 0.1) is 0 Å². The van der Waals surface area contributed by atoms with Crippen molar-refractivity contribution in [1.82, 2.24) is 9.78 Å². The number of aryl methyl sites for hydroxylation is 1. The molecule has 0 radical (unpaired) electrons. The lowest BCUT2D eigenvalue weighted by atomic mass is 10.0. The Morgan fingerprint density at radius 3 is 2.93 bits per heavy atom. The molecule has 0 spiro atoms. The molecule has 1 aromatic heterocycles. The van der Waals surface area contributed by atoms with Crippen molar-refractivity contribution in [2.24, 2.45) is 12.8 Å². The number of Topliss-reactive ketones (excluding diaryl/α,β-unsaturated/α-hetero) is 1. The maximum absolute atomic E-state index is 11.6. The van der Waals surface area contributed by atoms with E-state index in [0.29, 0.717) is 12.0 Å². The summed E-state index contributed by atoms with van der Waals surface area (Å²) in [5.74, 6) is 0.0825. The third-order valence-electron chi connectivity index (χ3n) is 2.13. The smallest absolute Gasteiger partial charge is 0.167 e.